The van der Waals surface area contributed by atoms with E-state index in [-0.39, 0.29) is 18.8 Å². The topological polar surface area (TPSA) is 104 Å². The summed E-state index contributed by atoms with van der Waals surface area (Å²) in [7, 11) is 0. The Morgan fingerprint density at radius 2 is 2.08 bits per heavy atom. The number of carboxylic acid groups (broad SMARTS) is 1. The van der Waals surface area contributed by atoms with E-state index in [0.29, 0.717) is 25.7 Å². The molecule has 3 N–H and O–H groups in total. The number of carbonyl (C=O) groups excluding carboxylic acids is 1. The lowest BCUT2D eigenvalue weighted by molar-refractivity contribution is -0.163. The predicted octanol–water partition coefficient (Wildman–Crippen LogP) is 2.75. The fourth-order valence-electron chi connectivity index (χ4n) is 2.76. The maximum Gasteiger partial charge on any atom is 0.309 e. The zero-order valence-corrected chi connectivity index (χ0v) is 15.3. The Labute approximate surface area is 154 Å². The maximum atomic E-state index is 11.6. The Balaban J connectivity index is 2.58. The van der Waals surface area contributed by atoms with E-state index in [1.807, 2.05) is 31.2 Å². The first-order valence-electron chi connectivity index (χ1n) is 9.19. The fourth-order valence-corrected chi connectivity index (χ4v) is 2.76. The van der Waals surface area contributed by atoms with E-state index in [4.69, 9.17) is 9.84 Å². The van der Waals surface area contributed by atoms with Crippen LogP contribution in [-0.4, -0.2) is 45.6 Å². The van der Waals surface area contributed by atoms with Crippen molar-refractivity contribution >= 4 is 11.9 Å². The number of cyclic esters (lactones) is 1. The van der Waals surface area contributed by atoms with Crippen molar-refractivity contribution in [1.29, 1.82) is 0 Å². The third kappa shape index (κ3) is 8.97. The highest BCUT2D eigenvalue weighted by Gasteiger charge is 2.35. The van der Waals surface area contributed by atoms with Gasteiger partial charge in [-0.25, -0.2) is 0 Å². The Kier molecular flexibility index (Phi) is 10.6. The molecule has 1 heterocycles. The monoisotopic (exact) mass is 366 g/mol. The first-order valence-corrected chi connectivity index (χ1v) is 9.19. The van der Waals surface area contributed by atoms with Crippen molar-refractivity contribution in [3.63, 3.8) is 0 Å². The number of ether oxygens (including phenoxy) is 1. The number of aliphatic carboxylic acids is 1. The van der Waals surface area contributed by atoms with E-state index >= 15 is 0 Å². The fraction of sp³-hybridized carbons (Fsp3) is 0.600. The van der Waals surface area contributed by atoms with Crippen LogP contribution in [0.4, 0.5) is 0 Å². The van der Waals surface area contributed by atoms with Crippen LogP contribution in [0.3, 0.4) is 0 Å². The van der Waals surface area contributed by atoms with Gasteiger partial charge in [-0.3, -0.25) is 9.59 Å². The van der Waals surface area contributed by atoms with Crippen molar-refractivity contribution < 1.29 is 29.6 Å². The number of rotatable bonds is 11. The van der Waals surface area contributed by atoms with Gasteiger partial charge >= 0.3 is 11.9 Å². The second-order valence-corrected chi connectivity index (χ2v) is 6.45. The molecule has 0 aliphatic carbocycles. The van der Waals surface area contributed by atoms with Crippen LogP contribution in [-0.2, 0) is 14.3 Å². The summed E-state index contributed by atoms with van der Waals surface area (Å²) in [6.07, 6.45) is 12.1. The van der Waals surface area contributed by atoms with Gasteiger partial charge in [0.25, 0.3) is 0 Å². The first-order chi connectivity index (χ1) is 12.4. The molecule has 1 rings (SSSR count). The summed E-state index contributed by atoms with van der Waals surface area (Å²) in [5, 5.41) is 28.7. The van der Waals surface area contributed by atoms with Gasteiger partial charge in [0.05, 0.1) is 18.6 Å². The molecule has 1 aliphatic rings. The molecular weight excluding hydrogens is 336 g/mol. The van der Waals surface area contributed by atoms with Gasteiger partial charge in [0.2, 0.25) is 0 Å². The van der Waals surface area contributed by atoms with Crippen molar-refractivity contribution in [3.05, 3.63) is 36.5 Å². The van der Waals surface area contributed by atoms with Crippen LogP contribution in [0.5, 0.6) is 0 Å². The van der Waals surface area contributed by atoms with Crippen molar-refractivity contribution in [2.75, 3.05) is 0 Å². The van der Waals surface area contributed by atoms with Crippen LogP contribution in [0.2, 0.25) is 0 Å². The van der Waals surface area contributed by atoms with Gasteiger partial charge in [-0.2, -0.15) is 0 Å². The first kappa shape index (κ1) is 22.1. The Bertz CT molecular complexity index is 522. The molecule has 0 saturated carbocycles. The third-order valence-electron chi connectivity index (χ3n) is 4.20. The molecule has 1 fully saturated rings. The Morgan fingerprint density at radius 3 is 2.77 bits per heavy atom. The lowest BCUT2D eigenvalue weighted by atomic mass is 9.87. The summed E-state index contributed by atoms with van der Waals surface area (Å²) in [6, 6.07) is 0. The lowest BCUT2D eigenvalue weighted by Crippen LogP contribution is -2.41. The molecule has 0 spiro atoms. The number of hydrogen-bond donors (Lipinski definition) is 3. The number of carboxylic acids is 1. The molecule has 0 radical (unpaired) electrons. The summed E-state index contributed by atoms with van der Waals surface area (Å²) in [5.74, 6) is -1.54. The van der Waals surface area contributed by atoms with Crippen LogP contribution in [0.1, 0.15) is 51.9 Å². The van der Waals surface area contributed by atoms with Gasteiger partial charge in [0.15, 0.2) is 0 Å². The van der Waals surface area contributed by atoms with Crippen LogP contribution >= 0.6 is 0 Å². The minimum absolute atomic E-state index is 0.0380. The average molecular weight is 366 g/mol. The van der Waals surface area contributed by atoms with Gasteiger partial charge in [-0.15, -0.1) is 0 Å². The quantitative estimate of drug-likeness (QED) is 0.295. The molecule has 4 atom stereocenters. The minimum atomic E-state index is -0.814. The zero-order valence-electron chi connectivity index (χ0n) is 15.3. The van der Waals surface area contributed by atoms with Crippen molar-refractivity contribution in [2.45, 2.75) is 70.2 Å². The molecule has 6 nitrogen and oxygen atoms in total. The number of aliphatic hydroxyl groups is 2. The molecule has 146 valence electrons. The number of esters is 1. The Hall–Kier alpha value is -1.92. The van der Waals surface area contributed by atoms with Gasteiger partial charge in [-0.05, 0) is 38.2 Å². The molecule has 0 amide bonds. The summed E-state index contributed by atoms with van der Waals surface area (Å²) in [6.45, 7) is 2.02. The summed E-state index contributed by atoms with van der Waals surface area (Å²) in [5.41, 5.74) is 0. The lowest BCUT2D eigenvalue weighted by Gasteiger charge is -2.32. The van der Waals surface area contributed by atoms with Crippen LogP contribution in [0, 0.1) is 5.92 Å². The molecule has 1 aliphatic heterocycles. The highest BCUT2D eigenvalue weighted by Crippen LogP contribution is 2.27. The summed E-state index contributed by atoms with van der Waals surface area (Å²) in [4.78, 5) is 22.1. The largest absolute Gasteiger partial charge is 0.481 e. The van der Waals surface area contributed by atoms with Crippen molar-refractivity contribution in [1.82, 2.24) is 0 Å². The van der Waals surface area contributed by atoms with Gasteiger partial charge in [-0.1, -0.05) is 37.3 Å². The number of aliphatic hydroxyl groups excluding tert-OH is 2. The summed E-state index contributed by atoms with van der Waals surface area (Å²) < 4.78 is 5.33. The Morgan fingerprint density at radius 1 is 1.31 bits per heavy atom. The van der Waals surface area contributed by atoms with E-state index in [1.54, 1.807) is 12.2 Å². The van der Waals surface area contributed by atoms with Crippen LogP contribution < -0.4 is 0 Å². The van der Waals surface area contributed by atoms with E-state index in [1.165, 1.54) is 0 Å². The molecule has 1 saturated heterocycles. The van der Waals surface area contributed by atoms with Gasteiger partial charge < -0.3 is 20.1 Å². The van der Waals surface area contributed by atoms with Crippen molar-refractivity contribution in [2.24, 2.45) is 5.92 Å². The number of unbranched alkanes of at least 4 members (excludes halogenated alkanes) is 1. The molecule has 0 aromatic rings. The van der Waals surface area contributed by atoms with Gasteiger partial charge in [0.1, 0.15) is 6.10 Å². The maximum absolute atomic E-state index is 11.6. The minimum Gasteiger partial charge on any atom is -0.481 e. The molecule has 26 heavy (non-hydrogen) atoms. The molecule has 6 heteroatoms. The highest BCUT2D eigenvalue weighted by atomic mass is 16.5. The molecule has 0 unspecified atom stereocenters. The zero-order chi connectivity index (χ0) is 19.4. The highest BCUT2D eigenvalue weighted by molar-refractivity contribution is 5.71. The second-order valence-electron chi connectivity index (χ2n) is 6.45. The normalized spacial score (nSPS) is 25.2. The van der Waals surface area contributed by atoms with Crippen molar-refractivity contribution in [3.8, 4) is 0 Å². The summed E-state index contributed by atoms with van der Waals surface area (Å²) >= 11 is 0. The second kappa shape index (κ2) is 12.4. The average Bonchev–Trinajstić information content (AvgIpc) is 2.57. The number of carbonyl (C=O) groups is 2. The third-order valence-corrected chi connectivity index (χ3v) is 4.20. The molecule has 0 bridgehead atoms. The standard InChI is InChI=1S/C20H30O6/c1-2-3-6-9-15(21)12-13-18-16(17(22)14-20(25)26-18)10-7-4-5-8-11-19(23)24/h3-4,6-7,12-13,15-18,21-22H,2,5,8-11,14H2,1H3,(H,23,24)/b6-3-,7-4-,13-12+/t15-,16+,17+,18+/m0/s1. The predicted molar refractivity (Wildman–Crippen MR) is 98.4 cm³/mol. The number of hydrogen-bond acceptors (Lipinski definition) is 5. The van der Waals surface area contributed by atoms with E-state index in [9.17, 15) is 19.8 Å². The smallest absolute Gasteiger partial charge is 0.309 e. The van der Waals surface area contributed by atoms with E-state index in [2.05, 4.69) is 0 Å². The van der Waals surface area contributed by atoms with E-state index in [0.717, 1.165) is 6.42 Å². The molecular formula is C20H30O6. The van der Waals surface area contributed by atoms with Crippen LogP contribution in [0.15, 0.2) is 36.5 Å². The van der Waals surface area contributed by atoms with Crippen LogP contribution in [0.25, 0.3) is 0 Å². The molecule has 0 aromatic heterocycles. The molecule has 0 aromatic carbocycles. The number of allylic oxidation sites excluding steroid dienone is 3. The SMILES string of the molecule is CC/C=C\C[C@H](O)/C=C/[C@H]1OC(=O)C[C@@H](O)[C@H]1C/C=C\CCCC(=O)O. The van der Waals surface area contributed by atoms with E-state index < -0.39 is 30.3 Å². The van der Waals surface area contributed by atoms with Gasteiger partial charge in [0, 0.05) is 12.3 Å².